The van der Waals surface area contributed by atoms with Crippen LogP contribution in [0.3, 0.4) is 0 Å². The van der Waals surface area contributed by atoms with Gasteiger partial charge in [0, 0.05) is 30.0 Å². The third kappa shape index (κ3) is 3.59. The van der Waals surface area contributed by atoms with Crippen LogP contribution >= 0.6 is 0 Å². The van der Waals surface area contributed by atoms with Crippen LogP contribution in [0.25, 0.3) is 16.9 Å². The van der Waals surface area contributed by atoms with Gasteiger partial charge in [0.2, 0.25) is 0 Å². The predicted molar refractivity (Wildman–Crippen MR) is 115 cm³/mol. The summed E-state index contributed by atoms with van der Waals surface area (Å²) in [4.78, 5) is 7.60. The van der Waals surface area contributed by atoms with Gasteiger partial charge in [-0.05, 0) is 57.0 Å². The van der Waals surface area contributed by atoms with Crippen LogP contribution in [0.5, 0.6) is 5.75 Å². The van der Waals surface area contributed by atoms with Gasteiger partial charge in [-0.3, -0.25) is 4.90 Å². The fourth-order valence-electron chi connectivity index (χ4n) is 4.34. The minimum Gasteiger partial charge on any atom is -0.493 e. The zero-order valence-electron chi connectivity index (χ0n) is 16.9. The Bertz CT molecular complexity index is 949. The Morgan fingerprint density at radius 3 is 2.82 bits per heavy atom. The number of nitrogen functional groups attached to an aromatic ring is 1. The molecule has 1 aliphatic rings. The summed E-state index contributed by atoms with van der Waals surface area (Å²) in [6.07, 6.45) is 7.05. The van der Waals surface area contributed by atoms with Crippen molar-refractivity contribution in [2.75, 3.05) is 18.9 Å². The summed E-state index contributed by atoms with van der Waals surface area (Å²) in [5, 5.41) is 0. The Labute approximate surface area is 167 Å². The molecule has 1 aliphatic heterocycles. The van der Waals surface area contributed by atoms with Crippen LogP contribution in [0.1, 0.15) is 45.2 Å². The monoisotopic (exact) mass is 378 g/mol. The molecule has 0 saturated carbocycles. The summed E-state index contributed by atoms with van der Waals surface area (Å²) in [5.41, 5.74) is 11.0. The topological polar surface area (TPSA) is 55.8 Å². The highest BCUT2D eigenvalue weighted by atomic mass is 16.5. The van der Waals surface area contributed by atoms with Gasteiger partial charge in [-0.25, -0.2) is 4.98 Å². The first-order chi connectivity index (χ1) is 13.7. The van der Waals surface area contributed by atoms with Crippen molar-refractivity contribution >= 4 is 11.3 Å². The molecule has 1 saturated heterocycles. The lowest BCUT2D eigenvalue weighted by molar-refractivity contribution is 0.134. The number of benzene rings is 1. The zero-order valence-corrected chi connectivity index (χ0v) is 16.9. The number of hydrogen-bond donors (Lipinski definition) is 1. The number of aromatic nitrogens is 2. The van der Waals surface area contributed by atoms with Crippen molar-refractivity contribution < 1.29 is 4.74 Å². The Morgan fingerprint density at radius 2 is 2.00 bits per heavy atom. The summed E-state index contributed by atoms with van der Waals surface area (Å²) >= 11 is 0. The van der Waals surface area contributed by atoms with Crippen molar-refractivity contribution in [3.8, 4) is 17.0 Å². The van der Waals surface area contributed by atoms with Gasteiger partial charge in [0.25, 0.3) is 0 Å². The Hall–Kier alpha value is -2.53. The van der Waals surface area contributed by atoms with Gasteiger partial charge in [-0.2, -0.15) is 0 Å². The quantitative estimate of drug-likeness (QED) is 0.673. The fraction of sp³-hybridized carbons (Fsp3) is 0.435. The number of fused-ring (bicyclic) bond motifs is 1. The third-order valence-electron chi connectivity index (χ3n) is 5.76. The molecular weight excluding hydrogens is 348 g/mol. The highest BCUT2D eigenvalue weighted by molar-refractivity contribution is 5.72. The van der Waals surface area contributed by atoms with Gasteiger partial charge in [0.1, 0.15) is 11.4 Å². The number of piperidine rings is 1. The summed E-state index contributed by atoms with van der Waals surface area (Å²) in [6, 6.07) is 12.7. The van der Waals surface area contributed by atoms with E-state index >= 15 is 0 Å². The van der Waals surface area contributed by atoms with Gasteiger partial charge < -0.3 is 14.9 Å². The minimum absolute atomic E-state index is 0.635. The number of pyridine rings is 1. The highest BCUT2D eigenvalue weighted by Crippen LogP contribution is 2.34. The molecule has 0 radical (unpaired) electrons. The maximum atomic E-state index is 6.12. The first-order valence-electron chi connectivity index (χ1n) is 10.4. The molecule has 0 aliphatic carbocycles. The van der Waals surface area contributed by atoms with E-state index in [2.05, 4.69) is 28.4 Å². The lowest BCUT2D eigenvalue weighted by atomic mass is 9.99. The van der Waals surface area contributed by atoms with E-state index in [9.17, 15) is 0 Å². The average Bonchev–Trinajstić information content (AvgIpc) is 3.06. The summed E-state index contributed by atoms with van der Waals surface area (Å²) in [6.45, 7) is 6.96. The Morgan fingerprint density at radius 1 is 1.14 bits per heavy atom. The molecule has 5 heteroatoms. The molecule has 2 N–H and O–H groups in total. The molecule has 0 bridgehead atoms. The van der Waals surface area contributed by atoms with E-state index in [0.29, 0.717) is 12.6 Å². The van der Waals surface area contributed by atoms with Gasteiger partial charge in [-0.15, -0.1) is 0 Å². The normalized spacial score (nSPS) is 17.9. The van der Waals surface area contributed by atoms with Crippen LogP contribution in [0.15, 0.2) is 42.6 Å². The van der Waals surface area contributed by atoms with E-state index in [4.69, 9.17) is 15.5 Å². The van der Waals surface area contributed by atoms with Crippen LogP contribution < -0.4 is 10.5 Å². The summed E-state index contributed by atoms with van der Waals surface area (Å²) < 4.78 is 8.07. The van der Waals surface area contributed by atoms with Crippen molar-refractivity contribution in [1.82, 2.24) is 14.3 Å². The molecule has 1 fully saturated rings. The molecule has 1 aromatic carbocycles. The molecule has 28 heavy (non-hydrogen) atoms. The SMILES string of the molecule is CCOc1ccccc1-c1nc2ccc(N)cn2c1CN1CCCCC1CC. The number of hydrogen-bond acceptors (Lipinski definition) is 4. The second kappa shape index (κ2) is 8.23. The largest absolute Gasteiger partial charge is 0.493 e. The standard InChI is InChI=1S/C23H30N4O/c1-3-18-9-7-8-14-26(18)16-20-23(19-10-5-6-11-21(19)28-4-2)25-22-13-12-17(24)15-27(20)22/h5-6,10-13,15,18H,3-4,7-9,14,16,24H2,1-2H3. The lowest BCUT2D eigenvalue weighted by Gasteiger charge is -2.35. The van der Waals surface area contributed by atoms with Crippen LogP contribution in [0.2, 0.25) is 0 Å². The molecule has 2 aromatic heterocycles. The number of ether oxygens (including phenoxy) is 1. The van der Waals surface area contributed by atoms with Gasteiger partial charge in [0.15, 0.2) is 0 Å². The zero-order chi connectivity index (χ0) is 19.5. The highest BCUT2D eigenvalue weighted by Gasteiger charge is 2.25. The number of nitrogens with zero attached hydrogens (tertiary/aromatic N) is 3. The minimum atomic E-state index is 0.635. The molecule has 148 valence electrons. The van der Waals surface area contributed by atoms with E-state index in [1.165, 1.54) is 31.4 Å². The van der Waals surface area contributed by atoms with Crippen LogP contribution in [-0.2, 0) is 6.54 Å². The number of rotatable bonds is 6. The maximum Gasteiger partial charge on any atom is 0.137 e. The molecule has 4 rings (SSSR count). The van der Waals surface area contributed by atoms with Crippen LogP contribution in [-0.4, -0.2) is 33.5 Å². The number of imidazole rings is 1. The summed E-state index contributed by atoms with van der Waals surface area (Å²) in [5.74, 6) is 0.883. The maximum absolute atomic E-state index is 6.12. The van der Waals surface area contributed by atoms with Crippen molar-refractivity contribution in [1.29, 1.82) is 0 Å². The molecule has 5 nitrogen and oxygen atoms in total. The van der Waals surface area contributed by atoms with Gasteiger partial charge in [-0.1, -0.05) is 25.5 Å². The molecular formula is C23H30N4O. The predicted octanol–water partition coefficient (Wildman–Crippen LogP) is 4.75. The Kier molecular flexibility index (Phi) is 5.53. The molecule has 3 aromatic rings. The Balaban J connectivity index is 1.84. The van der Waals surface area contributed by atoms with E-state index < -0.39 is 0 Å². The second-order valence-corrected chi connectivity index (χ2v) is 7.56. The first-order valence-corrected chi connectivity index (χ1v) is 10.4. The molecule has 0 amide bonds. The lowest BCUT2D eigenvalue weighted by Crippen LogP contribution is -2.38. The van der Waals surface area contributed by atoms with E-state index in [1.54, 1.807) is 0 Å². The smallest absolute Gasteiger partial charge is 0.137 e. The number of nitrogens with two attached hydrogens (primary N) is 1. The van der Waals surface area contributed by atoms with E-state index in [-0.39, 0.29) is 0 Å². The average molecular weight is 379 g/mol. The number of anilines is 1. The number of para-hydroxylation sites is 1. The van der Waals surface area contributed by atoms with Crippen molar-refractivity contribution in [3.05, 3.63) is 48.3 Å². The van der Waals surface area contributed by atoms with Crippen LogP contribution in [0.4, 0.5) is 5.69 Å². The molecule has 0 spiro atoms. The van der Waals surface area contributed by atoms with Crippen molar-refractivity contribution in [3.63, 3.8) is 0 Å². The van der Waals surface area contributed by atoms with Crippen molar-refractivity contribution in [2.45, 2.75) is 52.1 Å². The van der Waals surface area contributed by atoms with Gasteiger partial charge in [0.05, 0.1) is 18.0 Å². The van der Waals surface area contributed by atoms with E-state index in [1.807, 2.05) is 37.4 Å². The molecule has 1 atom stereocenters. The summed E-state index contributed by atoms with van der Waals surface area (Å²) in [7, 11) is 0. The molecule has 1 unspecified atom stereocenters. The van der Waals surface area contributed by atoms with Crippen molar-refractivity contribution in [2.24, 2.45) is 0 Å². The van der Waals surface area contributed by atoms with Gasteiger partial charge >= 0.3 is 0 Å². The number of likely N-dealkylation sites (tertiary alicyclic amines) is 1. The second-order valence-electron chi connectivity index (χ2n) is 7.56. The molecule has 3 heterocycles. The van der Waals surface area contributed by atoms with E-state index in [0.717, 1.165) is 41.4 Å². The first kappa shape index (κ1) is 18.8. The fourth-order valence-corrected chi connectivity index (χ4v) is 4.34. The van der Waals surface area contributed by atoms with Crippen LogP contribution in [0, 0.1) is 0 Å². The third-order valence-corrected chi connectivity index (χ3v) is 5.76.